The molecule has 0 unspecified atom stereocenters. The van der Waals surface area contributed by atoms with Gasteiger partial charge in [0.05, 0.1) is 10.7 Å². The van der Waals surface area contributed by atoms with E-state index in [9.17, 15) is 0 Å². The highest BCUT2D eigenvalue weighted by Gasteiger charge is 2.21. The third-order valence-electron chi connectivity index (χ3n) is 2.85. The van der Waals surface area contributed by atoms with E-state index in [0.717, 1.165) is 24.6 Å². The number of nitrogens with zero attached hydrogens (tertiary/aromatic N) is 2. The van der Waals surface area contributed by atoms with E-state index in [4.69, 9.17) is 0 Å². The summed E-state index contributed by atoms with van der Waals surface area (Å²) in [6.07, 6.45) is 3.50. The lowest BCUT2D eigenvalue weighted by molar-refractivity contribution is 0.788. The van der Waals surface area contributed by atoms with E-state index >= 15 is 0 Å². The van der Waals surface area contributed by atoms with Crippen molar-refractivity contribution in [2.75, 3.05) is 13.6 Å². The molecule has 0 saturated heterocycles. The zero-order chi connectivity index (χ0) is 12.3. The van der Waals surface area contributed by atoms with Gasteiger partial charge in [0, 0.05) is 30.9 Å². The molecule has 0 aromatic carbocycles. The quantitative estimate of drug-likeness (QED) is 0.632. The summed E-state index contributed by atoms with van der Waals surface area (Å²) in [4.78, 5) is 10.0. The Morgan fingerprint density at radius 1 is 1.47 bits per heavy atom. The van der Waals surface area contributed by atoms with Gasteiger partial charge in [0.25, 0.3) is 0 Å². The van der Waals surface area contributed by atoms with E-state index < -0.39 is 0 Å². The molecule has 5 heteroatoms. The lowest BCUT2D eigenvalue weighted by Gasteiger charge is -2.09. The van der Waals surface area contributed by atoms with Crippen LogP contribution in [0.25, 0.3) is 0 Å². The van der Waals surface area contributed by atoms with E-state index in [1.54, 1.807) is 11.3 Å². The highest BCUT2D eigenvalue weighted by molar-refractivity contribution is 7.11. The maximum atomic E-state index is 4.52. The number of thiazole rings is 1. The molecule has 0 bridgehead atoms. The molecule has 1 aromatic heterocycles. The van der Waals surface area contributed by atoms with Gasteiger partial charge in [0.15, 0.2) is 5.96 Å². The van der Waals surface area contributed by atoms with Crippen LogP contribution in [0.4, 0.5) is 0 Å². The van der Waals surface area contributed by atoms with Gasteiger partial charge in [-0.3, -0.25) is 4.99 Å². The van der Waals surface area contributed by atoms with Crippen molar-refractivity contribution in [1.29, 1.82) is 0 Å². The van der Waals surface area contributed by atoms with Crippen LogP contribution in [0.2, 0.25) is 0 Å². The number of hydrogen-bond acceptors (Lipinski definition) is 3. The van der Waals surface area contributed by atoms with E-state index in [1.807, 2.05) is 7.05 Å². The molecule has 0 atom stereocenters. The molecular weight excluding hydrogens is 232 g/mol. The Morgan fingerprint density at radius 2 is 2.24 bits per heavy atom. The molecule has 2 rings (SSSR count). The van der Waals surface area contributed by atoms with Crippen molar-refractivity contribution in [2.45, 2.75) is 39.2 Å². The molecule has 1 heterocycles. The van der Waals surface area contributed by atoms with Crippen molar-refractivity contribution in [3.8, 4) is 0 Å². The zero-order valence-electron chi connectivity index (χ0n) is 10.7. The maximum absolute atomic E-state index is 4.52. The van der Waals surface area contributed by atoms with E-state index in [1.165, 1.54) is 22.7 Å². The fourth-order valence-electron chi connectivity index (χ4n) is 1.55. The Hall–Kier alpha value is -1.10. The molecule has 0 radical (unpaired) electrons. The Bertz CT molecular complexity index is 387. The van der Waals surface area contributed by atoms with Crippen LogP contribution in [0.15, 0.2) is 4.99 Å². The molecule has 17 heavy (non-hydrogen) atoms. The summed E-state index contributed by atoms with van der Waals surface area (Å²) in [5.74, 6) is 0.914. The van der Waals surface area contributed by atoms with Crippen LogP contribution in [0, 0.1) is 13.8 Å². The van der Waals surface area contributed by atoms with Gasteiger partial charge in [0.1, 0.15) is 0 Å². The van der Waals surface area contributed by atoms with E-state index in [-0.39, 0.29) is 0 Å². The van der Waals surface area contributed by atoms with Gasteiger partial charge in [-0.2, -0.15) is 0 Å². The largest absolute Gasteiger partial charge is 0.356 e. The van der Waals surface area contributed by atoms with Gasteiger partial charge in [-0.05, 0) is 26.7 Å². The monoisotopic (exact) mass is 252 g/mol. The van der Waals surface area contributed by atoms with Crippen molar-refractivity contribution >= 4 is 17.3 Å². The second-order valence-electron chi connectivity index (χ2n) is 4.42. The average molecular weight is 252 g/mol. The highest BCUT2D eigenvalue weighted by Crippen LogP contribution is 2.18. The number of aryl methyl sites for hydroxylation is 2. The first-order valence-corrected chi connectivity index (χ1v) is 6.91. The number of aliphatic imine (C=N–C) groups is 1. The first-order chi connectivity index (χ1) is 8.19. The molecule has 2 N–H and O–H groups in total. The predicted molar refractivity (Wildman–Crippen MR) is 72.8 cm³/mol. The number of rotatable bonds is 4. The first-order valence-electron chi connectivity index (χ1n) is 6.09. The summed E-state index contributed by atoms with van der Waals surface area (Å²) in [5.41, 5.74) is 1.16. The molecule has 1 aromatic rings. The van der Waals surface area contributed by atoms with Gasteiger partial charge in [0.2, 0.25) is 0 Å². The zero-order valence-corrected chi connectivity index (χ0v) is 11.5. The Balaban J connectivity index is 1.74. The molecule has 4 nitrogen and oxygen atoms in total. The number of guanidine groups is 1. The van der Waals surface area contributed by atoms with Crippen molar-refractivity contribution in [2.24, 2.45) is 4.99 Å². The molecule has 94 valence electrons. The molecule has 1 aliphatic rings. The van der Waals surface area contributed by atoms with E-state index in [0.29, 0.717) is 6.04 Å². The second kappa shape index (κ2) is 5.49. The van der Waals surface area contributed by atoms with Crippen LogP contribution >= 0.6 is 11.3 Å². The third-order valence-corrected chi connectivity index (χ3v) is 3.98. The molecule has 0 spiro atoms. The lowest BCUT2D eigenvalue weighted by Crippen LogP contribution is -2.39. The van der Waals surface area contributed by atoms with Gasteiger partial charge >= 0.3 is 0 Å². The summed E-state index contributed by atoms with van der Waals surface area (Å²) >= 11 is 1.79. The molecule has 1 fully saturated rings. The van der Waals surface area contributed by atoms with Crippen LogP contribution in [-0.4, -0.2) is 30.6 Å². The van der Waals surface area contributed by atoms with Crippen molar-refractivity contribution in [1.82, 2.24) is 15.6 Å². The van der Waals surface area contributed by atoms with Crippen LogP contribution in [0.1, 0.15) is 28.4 Å². The summed E-state index contributed by atoms with van der Waals surface area (Å²) < 4.78 is 0. The minimum atomic E-state index is 0.644. The first kappa shape index (κ1) is 12.4. The summed E-state index contributed by atoms with van der Waals surface area (Å²) in [6, 6.07) is 0.644. The van der Waals surface area contributed by atoms with Crippen LogP contribution in [-0.2, 0) is 6.42 Å². The second-order valence-corrected chi connectivity index (χ2v) is 5.70. The Kier molecular flexibility index (Phi) is 3.99. The smallest absolute Gasteiger partial charge is 0.191 e. The number of aromatic nitrogens is 1. The Labute approximate surface area is 107 Å². The Morgan fingerprint density at radius 3 is 2.76 bits per heavy atom. The van der Waals surface area contributed by atoms with Crippen molar-refractivity contribution in [3.63, 3.8) is 0 Å². The third kappa shape index (κ3) is 3.70. The highest BCUT2D eigenvalue weighted by atomic mass is 32.1. The van der Waals surface area contributed by atoms with Crippen LogP contribution < -0.4 is 10.6 Å². The minimum Gasteiger partial charge on any atom is -0.356 e. The van der Waals surface area contributed by atoms with Gasteiger partial charge in [-0.15, -0.1) is 11.3 Å². The minimum absolute atomic E-state index is 0.644. The molecule has 1 aliphatic carbocycles. The molecule has 1 saturated carbocycles. The molecule has 0 amide bonds. The summed E-state index contributed by atoms with van der Waals surface area (Å²) in [5, 5.41) is 7.89. The lowest BCUT2D eigenvalue weighted by atomic mass is 10.4. The van der Waals surface area contributed by atoms with Crippen molar-refractivity contribution < 1.29 is 0 Å². The summed E-state index contributed by atoms with van der Waals surface area (Å²) in [6.45, 7) is 5.08. The molecule has 0 aliphatic heterocycles. The van der Waals surface area contributed by atoms with Crippen molar-refractivity contribution in [3.05, 3.63) is 15.6 Å². The number of hydrogen-bond donors (Lipinski definition) is 2. The van der Waals surface area contributed by atoms with E-state index in [2.05, 4.69) is 34.5 Å². The summed E-state index contributed by atoms with van der Waals surface area (Å²) in [7, 11) is 1.81. The predicted octanol–water partition coefficient (Wildman–Crippen LogP) is 1.63. The van der Waals surface area contributed by atoms with Crippen LogP contribution in [0.3, 0.4) is 0 Å². The maximum Gasteiger partial charge on any atom is 0.191 e. The average Bonchev–Trinajstić information content (AvgIpc) is 3.05. The van der Waals surface area contributed by atoms with Crippen LogP contribution in [0.5, 0.6) is 0 Å². The normalized spacial score (nSPS) is 16.1. The fourth-order valence-corrected chi connectivity index (χ4v) is 2.48. The van der Waals surface area contributed by atoms with Gasteiger partial charge < -0.3 is 10.6 Å². The topological polar surface area (TPSA) is 49.3 Å². The SMILES string of the molecule is CN=C(NCCc1nc(C)c(C)s1)NC1CC1. The molecular formula is C12H20N4S. The fraction of sp³-hybridized carbons (Fsp3) is 0.667. The number of nitrogens with one attached hydrogen (secondary N) is 2. The standard InChI is InChI=1S/C12H20N4S/c1-8-9(2)17-11(15-8)6-7-14-12(13-3)16-10-4-5-10/h10H,4-7H2,1-3H3,(H2,13,14,16). The van der Waals surface area contributed by atoms with Gasteiger partial charge in [-0.1, -0.05) is 0 Å². The van der Waals surface area contributed by atoms with Gasteiger partial charge in [-0.25, -0.2) is 4.98 Å².